The Morgan fingerprint density at radius 3 is 2.34 bits per heavy atom. The van der Waals surface area contributed by atoms with Gasteiger partial charge in [0.2, 0.25) is 17.7 Å². The lowest BCUT2D eigenvalue weighted by Gasteiger charge is -2.24. The highest BCUT2D eigenvalue weighted by Crippen LogP contribution is 2.47. The maximum absolute atomic E-state index is 12.9. The van der Waals surface area contributed by atoms with E-state index in [1.54, 1.807) is 38.1 Å². The molecule has 2 fully saturated rings. The first kappa shape index (κ1) is 61.1. The Bertz CT molecular complexity index is 1990. The molecular formula is C45H81F2N7O9S. The molecule has 0 spiro atoms. The number of carbonyl (C=O) groups is 4. The lowest BCUT2D eigenvalue weighted by Crippen LogP contribution is -2.48. The van der Waals surface area contributed by atoms with Gasteiger partial charge in [-0.3, -0.25) is 38.1 Å². The van der Waals surface area contributed by atoms with E-state index in [-0.39, 0.29) is 62.1 Å². The van der Waals surface area contributed by atoms with Crippen LogP contribution in [0.15, 0.2) is 47.4 Å². The molecule has 4 atom stereocenters. The number of unbranched alkanes of at least 4 members (excludes halogenated alkanes) is 3. The van der Waals surface area contributed by atoms with Crippen molar-refractivity contribution >= 4 is 46.5 Å². The van der Waals surface area contributed by atoms with E-state index in [9.17, 15) is 28.4 Å². The summed E-state index contributed by atoms with van der Waals surface area (Å²) in [5, 5.41) is 6.97. The summed E-state index contributed by atoms with van der Waals surface area (Å²) in [6, 6.07) is 5.76. The minimum Gasteiger partial charge on any atom is -0.496 e. The van der Waals surface area contributed by atoms with Crippen molar-refractivity contribution in [2.24, 2.45) is 17.6 Å². The normalized spacial score (nSPS) is 15.9. The van der Waals surface area contributed by atoms with Crippen LogP contribution in [0.25, 0.3) is 10.9 Å². The van der Waals surface area contributed by atoms with Crippen LogP contribution in [0.5, 0.6) is 11.6 Å². The Morgan fingerprint density at radius 1 is 1.14 bits per heavy atom. The number of carbonyl (C=O) groups excluding carboxylic acids is 4. The predicted octanol–water partition coefficient (Wildman–Crippen LogP) is 6.67. The number of nitrogens with two attached hydrogens (primary N) is 1. The lowest BCUT2D eigenvalue weighted by molar-refractivity contribution is -0.137. The Labute approximate surface area is 385 Å². The van der Waals surface area contributed by atoms with Crippen molar-refractivity contribution in [3.05, 3.63) is 64.1 Å². The van der Waals surface area contributed by atoms with Gasteiger partial charge in [-0.1, -0.05) is 52.7 Å². The number of hydrogen-bond donors (Lipinski definition) is 4. The van der Waals surface area contributed by atoms with E-state index >= 15 is 0 Å². The molecule has 0 aliphatic heterocycles. The molecule has 0 bridgehead atoms. The molecule has 2 saturated carbocycles. The fourth-order valence-electron chi connectivity index (χ4n) is 6.05. The first-order chi connectivity index (χ1) is 28.9. The summed E-state index contributed by atoms with van der Waals surface area (Å²) in [6.07, 6.45) is 13.9. The number of benzene rings is 1. The number of primary amides is 1. The van der Waals surface area contributed by atoms with E-state index in [2.05, 4.69) is 46.1 Å². The van der Waals surface area contributed by atoms with Crippen molar-refractivity contribution in [1.29, 1.82) is 0 Å². The highest BCUT2D eigenvalue weighted by molar-refractivity contribution is 7.99. The van der Waals surface area contributed by atoms with Crippen molar-refractivity contribution in [3.8, 4) is 11.6 Å². The summed E-state index contributed by atoms with van der Waals surface area (Å²) >= 11 is 1.63. The summed E-state index contributed by atoms with van der Waals surface area (Å²) in [7, 11) is 3.06. The molecule has 5 rings (SSSR count). The zero-order valence-corrected chi connectivity index (χ0v) is 40.3. The Balaban J connectivity index is -0.000000271. The minimum atomic E-state index is -1.08. The average Bonchev–Trinajstić information content (AvgIpc) is 4.12. The smallest absolute Gasteiger partial charge is 0.272 e. The molecule has 64 heavy (non-hydrogen) atoms. The minimum absolute atomic E-state index is 0. The van der Waals surface area contributed by atoms with Crippen molar-refractivity contribution in [2.45, 2.75) is 143 Å². The number of nitrogens with zero attached hydrogens (tertiary/aromatic N) is 3. The lowest BCUT2D eigenvalue weighted by atomic mass is 10.1. The number of allylic oxidation sites excluding steroid dienone is 2. The van der Waals surface area contributed by atoms with Crippen LogP contribution in [0.2, 0.25) is 0 Å². The zero-order chi connectivity index (χ0) is 45.9. The van der Waals surface area contributed by atoms with Gasteiger partial charge in [0.05, 0.1) is 31.8 Å². The van der Waals surface area contributed by atoms with E-state index in [0.29, 0.717) is 28.4 Å². The molecule has 2 aliphatic rings. The molecule has 2 aliphatic carbocycles. The number of ether oxygens (including phenoxy) is 2. The fourth-order valence-corrected chi connectivity index (χ4v) is 6.85. The Hall–Kier alpha value is -5.01. The Kier molecular flexibility index (Phi) is 28.8. The van der Waals surface area contributed by atoms with Crippen molar-refractivity contribution in [2.75, 3.05) is 20.7 Å². The summed E-state index contributed by atoms with van der Waals surface area (Å²) in [5.74, 6) is 0.648. The highest BCUT2D eigenvalue weighted by Gasteiger charge is 2.44. The first-order valence-electron chi connectivity index (χ1n) is 21.5. The molecule has 4 unspecified atom stereocenters. The standard InChI is InChI=1S/C15H25NOS.C14H22FN5O3.C14H17NO3.C2H6.FH.2H2O.3H2/c1-3-4-5-6-7-8-12-11-13(12)14(17)16-18-15(2)9-10-15;1-4-11(13(16)22)19(3)12(21)7-17-14(23)10-5-6-20(18-10)8-9(2)15;1-8(2)18-13-7-11(16)10-5-6-12(17-4)9(3)14(10)15-13;1-2;;;;;;/h7-8,12-13H,3-6,9-11H2,1-2H3,(H,16,17);5-6,9,11H,4,7-8H2,1-3H3,(H2,16,22)(H,17,23);5-8H,1-4H3,(H,15,16);1-2H3;1H;2*1H2;3*1H/b8-7-;;;;;;;;;. The molecule has 16 nitrogen and oxygen atoms in total. The summed E-state index contributed by atoms with van der Waals surface area (Å²) in [4.78, 5) is 63.3. The molecule has 0 radical (unpaired) electrons. The second-order valence-corrected chi connectivity index (χ2v) is 17.0. The third-order valence-corrected chi connectivity index (χ3v) is 11.2. The highest BCUT2D eigenvalue weighted by atomic mass is 32.2. The number of aryl methyl sites for hydroxylation is 1. The first-order valence-corrected chi connectivity index (χ1v) is 22.3. The SMILES string of the molecule is CC.CCC(C(N)=O)N(C)C(=O)CNC(=O)c1ccn(CC(C)F)n1.CCCCC/C=C\C1CC1C(=O)NSC1(C)CC1.COc1ccc2c(=O)cc(OC(C)C)[nH]c2c1C.F.O.O.[HH].[HH].[HH]. The van der Waals surface area contributed by atoms with Crippen LogP contribution in [0.4, 0.5) is 9.09 Å². The van der Waals surface area contributed by atoms with Crippen LogP contribution < -0.4 is 30.7 Å². The summed E-state index contributed by atoms with van der Waals surface area (Å²) in [5.41, 5.74) is 6.91. The fraction of sp³-hybridized carbons (Fsp3) is 0.600. The van der Waals surface area contributed by atoms with Gasteiger partial charge in [0, 0.05) is 45.2 Å². The number of hydrogen-bond acceptors (Lipinski definition) is 9. The second-order valence-electron chi connectivity index (χ2n) is 15.6. The number of H-pyrrole nitrogens is 1. The van der Waals surface area contributed by atoms with E-state index in [0.717, 1.165) is 23.3 Å². The number of aromatic nitrogens is 3. The van der Waals surface area contributed by atoms with Gasteiger partial charge < -0.3 is 41.4 Å². The van der Waals surface area contributed by atoms with Crippen molar-refractivity contribution in [3.63, 3.8) is 0 Å². The number of nitrogens with one attached hydrogen (secondary N) is 3. The third kappa shape index (κ3) is 20.2. The second kappa shape index (κ2) is 30.2. The molecule has 9 N–H and O–H groups in total. The van der Waals surface area contributed by atoms with Gasteiger partial charge in [0.15, 0.2) is 11.3 Å². The number of methoxy groups -OCH3 is 1. The number of likely N-dealkylation sites (N-methyl/N-ethyl adjacent to an activating group) is 1. The number of rotatable bonds is 19. The maximum Gasteiger partial charge on any atom is 0.272 e. The van der Waals surface area contributed by atoms with Crippen LogP contribution in [-0.2, 0) is 20.9 Å². The van der Waals surface area contributed by atoms with Crippen LogP contribution in [0.1, 0.15) is 127 Å². The van der Waals surface area contributed by atoms with Crippen LogP contribution in [0, 0.1) is 18.8 Å². The number of alkyl halides is 1. The molecular weight excluding hydrogens is 853 g/mol. The van der Waals surface area contributed by atoms with E-state index in [1.807, 2.05) is 34.6 Å². The van der Waals surface area contributed by atoms with Crippen molar-refractivity contribution in [1.82, 2.24) is 29.7 Å². The number of halogens is 2. The molecule has 1 aromatic carbocycles. The van der Waals surface area contributed by atoms with Gasteiger partial charge in [-0.15, -0.1) is 0 Å². The van der Waals surface area contributed by atoms with Gasteiger partial charge in [-0.05, 0) is 109 Å². The van der Waals surface area contributed by atoms with Gasteiger partial charge in [0.1, 0.15) is 23.7 Å². The number of fused-ring (bicyclic) bond motifs is 1. The molecule has 0 saturated heterocycles. The largest absolute Gasteiger partial charge is 0.496 e. The topological polar surface area (TPSA) is 254 Å². The van der Waals surface area contributed by atoms with E-state index < -0.39 is 29.9 Å². The Morgan fingerprint density at radius 2 is 1.80 bits per heavy atom. The van der Waals surface area contributed by atoms with Crippen LogP contribution in [-0.4, -0.2) is 98.0 Å². The van der Waals surface area contributed by atoms with Gasteiger partial charge >= 0.3 is 0 Å². The predicted molar refractivity (Wildman–Crippen MR) is 258 cm³/mol. The number of pyridine rings is 1. The molecule has 4 amide bonds. The zero-order valence-electron chi connectivity index (χ0n) is 39.5. The third-order valence-electron chi connectivity index (χ3n) is 9.95. The van der Waals surface area contributed by atoms with E-state index in [4.69, 9.17) is 15.2 Å². The summed E-state index contributed by atoms with van der Waals surface area (Å²) < 4.78 is 28.3. The average molecular weight is 934 g/mol. The van der Waals surface area contributed by atoms with Crippen molar-refractivity contribution < 1.29 is 53.0 Å². The molecule has 370 valence electrons. The molecule has 19 heteroatoms. The van der Waals surface area contributed by atoms with Gasteiger partial charge in [0.25, 0.3) is 5.91 Å². The molecule has 2 heterocycles. The quantitative estimate of drug-likeness (QED) is 0.0568. The number of amides is 4. The molecule has 2 aromatic heterocycles. The molecule has 3 aromatic rings. The van der Waals surface area contributed by atoms with Crippen LogP contribution >= 0.6 is 11.9 Å². The number of aromatic amines is 1. The maximum atomic E-state index is 12.9. The van der Waals surface area contributed by atoms with E-state index in [1.165, 1.54) is 80.4 Å². The van der Waals surface area contributed by atoms with Crippen LogP contribution in [0.3, 0.4) is 0 Å². The van der Waals surface area contributed by atoms with Gasteiger partial charge in [-0.2, -0.15) is 5.10 Å². The van der Waals surface area contributed by atoms with Gasteiger partial charge in [-0.25, -0.2) is 4.39 Å². The summed E-state index contributed by atoms with van der Waals surface area (Å²) in [6.45, 7) is 17.1. The monoisotopic (exact) mass is 934 g/mol.